The molecule has 0 aromatic heterocycles. The van der Waals surface area contributed by atoms with Crippen LogP contribution in [0.2, 0.25) is 0 Å². The average Bonchev–Trinajstić information content (AvgIpc) is 2.58. The maximum absolute atomic E-state index is 13.5. The highest BCUT2D eigenvalue weighted by Gasteiger charge is 2.39. The average molecular weight is 382 g/mol. The van der Waals surface area contributed by atoms with Gasteiger partial charge in [0.1, 0.15) is 5.66 Å². The summed E-state index contributed by atoms with van der Waals surface area (Å²) in [6.07, 6.45) is 2.03. The van der Waals surface area contributed by atoms with Crippen molar-refractivity contribution in [3.05, 3.63) is 59.7 Å². The highest BCUT2D eigenvalue weighted by molar-refractivity contribution is 7.98. The number of rotatable bonds is 8. The minimum Gasteiger partial charge on any atom is -0.308 e. The predicted molar refractivity (Wildman–Crippen MR) is 105 cm³/mol. The van der Waals surface area contributed by atoms with Crippen LogP contribution in [0.15, 0.2) is 58.3 Å². The van der Waals surface area contributed by atoms with Crippen molar-refractivity contribution in [2.45, 2.75) is 29.3 Å². The van der Waals surface area contributed by atoms with Crippen LogP contribution in [-0.4, -0.2) is 19.5 Å². The number of hydrogen-bond donors (Lipinski definition) is 1. The lowest BCUT2D eigenvalue weighted by atomic mass is 10.0. The molecule has 0 heterocycles. The zero-order valence-electron chi connectivity index (χ0n) is 14.1. The second-order valence-electron chi connectivity index (χ2n) is 5.11. The van der Waals surface area contributed by atoms with Crippen molar-refractivity contribution in [2.24, 2.45) is 0 Å². The van der Waals surface area contributed by atoms with Crippen molar-refractivity contribution in [2.75, 3.05) is 19.5 Å². The van der Waals surface area contributed by atoms with E-state index in [2.05, 4.69) is 12.6 Å². The Bertz CT molecular complexity index is 694. The van der Waals surface area contributed by atoms with Crippen LogP contribution in [-0.2, 0) is 13.6 Å². The number of thioether (sulfide) groups is 1. The first-order valence-corrected chi connectivity index (χ1v) is 11.1. The van der Waals surface area contributed by atoms with Crippen LogP contribution in [0, 0.1) is 0 Å². The molecule has 0 saturated heterocycles. The number of hydrogen-bond acceptors (Lipinski definition) is 5. The van der Waals surface area contributed by atoms with Gasteiger partial charge in [0.05, 0.1) is 13.2 Å². The predicted octanol–water partition coefficient (Wildman–Crippen LogP) is 6.05. The first kappa shape index (κ1) is 19.6. The normalized spacial score (nSPS) is 13.0. The molecule has 0 aliphatic heterocycles. The summed E-state index contributed by atoms with van der Waals surface area (Å²) in [7, 11) is -3.38. The van der Waals surface area contributed by atoms with Gasteiger partial charge in [0.2, 0.25) is 0 Å². The van der Waals surface area contributed by atoms with Crippen LogP contribution in [0.4, 0.5) is 0 Å². The van der Waals surface area contributed by atoms with Crippen LogP contribution in [0.1, 0.15) is 30.6 Å². The van der Waals surface area contributed by atoms with Gasteiger partial charge in [0.25, 0.3) is 0 Å². The molecule has 0 saturated carbocycles. The quantitative estimate of drug-likeness (QED) is 0.342. The van der Waals surface area contributed by atoms with E-state index in [1.54, 1.807) is 11.8 Å². The molecule has 0 fully saturated rings. The lowest BCUT2D eigenvalue weighted by Gasteiger charge is -2.28. The molecule has 0 aliphatic rings. The van der Waals surface area contributed by atoms with Gasteiger partial charge in [-0.15, -0.1) is 24.4 Å². The Morgan fingerprint density at radius 3 is 2.12 bits per heavy atom. The van der Waals surface area contributed by atoms with Crippen LogP contribution in [0.3, 0.4) is 0 Å². The van der Waals surface area contributed by atoms with Gasteiger partial charge in [-0.25, -0.2) is 0 Å². The molecule has 2 aromatic rings. The van der Waals surface area contributed by atoms with Crippen LogP contribution >= 0.6 is 32.0 Å². The van der Waals surface area contributed by atoms with Crippen molar-refractivity contribution in [3.63, 3.8) is 0 Å². The molecule has 24 heavy (non-hydrogen) atoms. The molecule has 2 rings (SSSR count). The summed E-state index contributed by atoms with van der Waals surface area (Å²) in [6.45, 7) is 4.30. The molecule has 0 N–H and O–H groups in total. The lowest BCUT2D eigenvalue weighted by Crippen LogP contribution is -2.09. The van der Waals surface area contributed by atoms with Crippen molar-refractivity contribution >= 4 is 32.0 Å². The Morgan fingerprint density at radius 2 is 1.62 bits per heavy atom. The first-order valence-electron chi connectivity index (χ1n) is 7.86. The number of benzene rings is 2. The Balaban J connectivity index is 2.59. The SMILES string of the molecule is CCOP(=O)(OCC)C(c1ccc(SC)cc1)c1ccccc1S. The van der Waals surface area contributed by atoms with E-state index >= 15 is 0 Å². The van der Waals surface area contributed by atoms with E-state index in [1.165, 1.54) is 0 Å². The zero-order valence-corrected chi connectivity index (χ0v) is 16.7. The molecule has 3 nitrogen and oxygen atoms in total. The lowest BCUT2D eigenvalue weighted by molar-refractivity contribution is 0.215. The van der Waals surface area contributed by atoms with E-state index in [-0.39, 0.29) is 0 Å². The molecular formula is C18H23O3PS2. The molecular weight excluding hydrogens is 359 g/mol. The summed E-state index contributed by atoms with van der Waals surface area (Å²) >= 11 is 6.23. The van der Waals surface area contributed by atoms with Crippen LogP contribution in [0.25, 0.3) is 0 Å². The van der Waals surface area contributed by atoms with Crippen LogP contribution < -0.4 is 0 Å². The molecule has 0 spiro atoms. The topological polar surface area (TPSA) is 35.5 Å². The third kappa shape index (κ3) is 4.47. The van der Waals surface area contributed by atoms with Crippen molar-refractivity contribution in [1.29, 1.82) is 0 Å². The molecule has 0 aliphatic carbocycles. The third-order valence-electron chi connectivity index (χ3n) is 3.60. The molecule has 0 radical (unpaired) electrons. The summed E-state index contributed by atoms with van der Waals surface area (Å²) in [4.78, 5) is 1.93. The maximum atomic E-state index is 13.5. The monoisotopic (exact) mass is 382 g/mol. The van der Waals surface area contributed by atoms with E-state index in [0.717, 1.165) is 20.9 Å². The van der Waals surface area contributed by atoms with E-state index in [9.17, 15) is 4.57 Å². The second kappa shape index (κ2) is 9.12. The highest BCUT2D eigenvalue weighted by atomic mass is 32.2. The van der Waals surface area contributed by atoms with Crippen LogP contribution in [0.5, 0.6) is 0 Å². The van der Waals surface area contributed by atoms with Crippen molar-refractivity contribution in [3.8, 4) is 0 Å². The second-order valence-corrected chi connectivity index (χ2v) is 8.58. The molecule has 2 aromatic carbocycles. The van der Waals surface area contributed by atoms with E-state index < -0.39 is 13.3 Å². The Hall–Kier alpha value is -0.710. The van der Waals surface area contributed by atoms with Gasteiger partial charge in [-0.1, -0.05) is 30.3 Å². The largest absolute Gasteiger partial charge is 0.342 e. The van der Waals surface area contributed by atoms with Crippen molar-refractivity contribution in [1.82, 2.24) is 0 Å². The van der Waals surface area contributed by atoms with Gasteiger partial charge in [-0.3, -0.25) is 4.57 Å². The fraction of sp³-hybridized carbons (Fsp3) is 0.333. The molecule has 0 amide bonds. The fourth-order valence-electron chi connectivity index (χ4n) is 2.58. The molecule has 1 unspecified atom stereocenters. The summed E-state index contributed by atoms with van der Waals surface area (Å²) in [5, 5.41) is 0. The third-order valence-corrected chi connectivity index (χ3v) is 7.19. The Kier molecular flexibility index (Phi) is 7.45. The van der Waals surface area contributed by atoms with Gasteiger partial charge in [0.15, 0.2) is 0 Å². The van der Waals surface area contributed by atoms with Gasteiger partial charge in [-0.2, -0.15) is 0 Å². The van der Waals surface area contributed by atoms with Gasteiger partial charge in [-0.05, 0) is 49.4 Å². The smallest absolute Gasteiger partial charge is 0.308 e. The molecule has 6 heteroatoms. The molecule has 130 valence electrons. The van der Waals surface area contributed by atoms with Gasteiger partial charge in [0, 0.05) is 9.79 Å². The van der Waals surface area contributed by atoms with E-state index in [0.29, 0.717) is 13.2 Å². The molecule has 1 atom stereocenters. The highest BCUT2D eigenvalue weighted by Crippen LogP contribution is 2.64. The van der Waals surface area contributed by atoms with Crippen molar-refractivity contribution < 1.29 is 13.6 Å². The minimum atomic E-state index is -3.38. The zero-order chi connectivity index (χ0) is 17.6. The minimum absolute atomic E-state index is 0.325. The Labute approximate surface area is 154 Å². The van der Waals surface area contributed by atoms with E-state index in [1.807, 2.05) is 68.6 Å². The Morgan fingerprint density at radius 1 is 1.04 bits per heavy atom. The number of thiol groups is 1. The first-order chi connectivity index (χ1) is 11.6. The molecule has 0 bridgehead atoms. The summed E-state index contributed by atoms with van der Waals surface area (Å²) in [5.74, 6) is 0. The summed E-state index contributed by atoms with van der Waals surface area (Å²) < 4.78 is 24.8. The standard InChI is InChI=1S/C18H23O3PS2/c1-4-20-22(19,21-5-2)18(16-8-6-7-9-17(16)23)14-10-12-15(24-3)13-11-14/h6-13,18,23H,4-5H2,1-3H3. The van der Waals surface area contributed by atoms with E-state index in [4.69, 9.17) is 9.05 Å². The van der Waals surface area contributed by atoms with Gasteiger partial charge < -0.3 is 9.05 Å². The maximum Gasteiger partial charge on any atom is 0.342 e. The van der Waals surface area contributed by atoms with Gasteiger partial charge >= 0.3 is 7.60 Å². The fourth-order valence-corrected chi connectivity index (χ4v) is 5.58. The summed E-state index contributed by atoms with van der Waals surface area (Å²) in [5.41, 5.74) is 1.25. The summed E-state index contributed by atoms with van der Waals surface area (Å²) in [6, 6.07) is 15.7.